The number of amides is 1. The minimum Gasteiger partial charge on any atom is -0.376 e. The molecule has 132 valence electrons. The van der Waals surface area contributed by atoms with Crippen molar-refractivity contribution in [3.8, 4) is 0 Å². The monoisotopic (exact) mass is 339 g/mol. The predicted molar refractivity (Wildman–Crippen MR) is 101 cm³/mol. The Morgan fingerprint density at radius 1 is 1.04 bits per heavy atom. The molecule has 25 heavy (non-hydrogen) atoms. The smallest absolute Gasteiger partial charge is 0.239 e. The van der Waals surface area contributed by atoms with Gasteiger partial charge in [-0.3, -0.25) is 9.78 Å². The lowest BCUT2D eigenvalue weighted by Gasteiger charge is -2.34. The number of rotatable bonds is 6. The number of nitrogens with zero attached hydrogens (tertiary/aromatic N) is 3. The van der Waals surface area contributed by atoms with Crippen molar-refractivity contribution >= 4 is 17.3 Å². The fourth-order valence-electron chi connectivity index (χ4n) is 2.80. The zero-order chi connectivity index (χ0) is 17.5. The van der Waals surface area contributed by atoms with E-state index in [1.807, 2.05) is 24.3 Å². The standard InChI is InChI=1S/C19H25N5O/c1-23-10-12-24(13-11-23)18-4-2-17(3-5-18)21-15-19(25)22-14-16-6-8-20-9-7-16/h2-9,21H,10-15H2,1H3,(H,22,25). The lowest BCUT2D eigenvalue weighted by Crippen LogP contribution is -2.44. The molecule has 2 heterocycles. The van der Waals surface area contributed by atoms with Crippen LogP contribution >= 0.6 is 0 Å². The first kappa shape index (κ1) is 17.2. The molecule has 0 atom stereocenters. The summed E-state index contributed by atoms with van der Waals surface area (Å²) in [5, 5.41) is 6.06. The van der Waals surface area contributed by atoms with Gasteiger partial charge in [0.15, 0.2) is 0 Å². The summed E-state index contributed by atoms with van der Waals surface area (Å²) in [4.78, 5) is 20.6. The Bertz CT molecular complexity index is 666. The molecule has 2 aromatic rings. The Labute approximate surface area is 148 Å². The van der Waals surface area contributed by atoms with Crippen LogP contribution < -0.4 is 15.5 Å². The van der Waals surface area contributed by atoms with Crippen molar-refractivity contribution in [2.24, 2.45) is 0 Å². The zero-order valence-corrected chi connectivity index (χ0v) is 14.6. The lowest BCUT2D eigenvalue weighted by molar-refractivity contribution is -0.119. The molecule has 6 nitrogen and oxygen atoms in total. The van der Waals surface area contributed by atoms with Crippen LogP contribution in [0.2, 0.25) is 0 Å². The van der Waals surface area contributed by atoms with Gasteiger partial charge in [-0.25, -0.2) is 0 Å². The SMILES string of the molecule is CN1CCN(c2ccc(NCC(=O)NCc3ccncc3)cc2)CC1. The van der Waals surface area contributed by atoms with Crippen LogP contribution in [0.1, 0.15) is 5.56 Å². The highest BCUT2D eigenvalue weighted by molar-refractivity contribution is 5.80. The number of anilines is 2. The third kappa shape index (κ3) is 5.19. The number of pyridine rings is 1. The number of carbonyl (C=O) groups is 1. The molecule has 3 rings (SSSR count). The van der Waals surface area contributed by atoms with Gasteiger partial charge < -0.3 is 20.4 Å². The predicted octanol–water partition coefficient (Wildman–Crippen LogP) is 1.56. The number of carbonyl (C=O) groups excluding carboxylic acids is 1. The number of benzene rings is 1. The second-order valence-electron chi connectivity index (χ2n) is 6.32. The van der Waals surface area contributed by atoms with Gasteiger partial charge in [-0.1, -0.05) is 0 Å². The highest BCUT2D eigenvalue weighted by Gasteiger charge is 2.13. The second-order valence-corrected chi connectivity index (χ2v) is 6.32. The van der Waals surface area contributed by atoms with E-state index >= 15 is 0 Å². The van der Waals surface area contributed by atoms with Gasteiger partial charge in [-0.15, -0.1) is 0 Å². The molecule has 1 aliphatic heterocycles. The van der Waals surface area contributed by atoms with Crippen molar-refractivity contribution in [1.82, 2.24) is 15.2 Å². The summed E-state index contributed by atoms with van der Waals surface area (Å²) in [7, 11) is 2.16. The van der Waals surface area contributed by atoms with Crippen molar-refractivity contribution in [2.75, 3.05) is 50.0 Å². The molecule has 6 heteroatoms. The first-order valence-electron chi connectivity index (χ1n) is 8.64. The summed E-state index contributed by atoms with van der Waals surface area (Å²) in [5.41, 5.74) is 3.23. The fourth-order valence-corrected chi connectivity index (χ4v) is 2.80. The van der Waals surface area contributed by atoms with Crippen LogP contribution in [0.15, 0.2) is 48.8 Å². The van der Waals surface area contributed by atoms with Crippen LogP contribution in [0.4, 0.5) is 11.4 Å². The molecule has 1 saturated heterocycles. The van der Waals surface area contributed by atoms with E-state index in [0.717, 1.165) is 37.4 Å². The highest BCUT2D eigenvalue weighted by Crippen LogP contribution is 2.19. The lowest BCUT2D eigenvalue weighted by atomic mass is 10.2. The minimum atomic E-state index is -0.0278. The number of aromatic nitrogens is 1. The van der Waals surface area contributed by atoms with Gasteiger partial charge >= 0.3 is 0 Å². The average molecular weight is 339 g/mol. The summed E-state index contributed by atoms with van der Waals surface area (Å²) in [6.45, 7) is 5.08. The summed E-state index contributed by atoms with van der Waals surface area (Å²) in [5.74, 6) is -0.0278. The molecule has 0 aliphatic carbocycles. The number of nitrogens with one attached hydrogen (secondary N) is 2. The molecule has 0 spiro atoms. The van der Waals surface area contributed by atoms with Crippen molar-refractivity contribution in [1.29, 1.82) is 0 Å². The molecule has 1 aliphatic rings. The summed E-state index contributed by atoms with van der Waals surface area (Å²) in [6.07, 6.45) is 3.45. The molecule has 2 N–H and O–H groups in total. The Kier molecular flexibility index (Phi) is 5.85. The maximum Gasteiger partial charge on any atom is 0.239 e. The first-order valence-corrected chi connectivity index (χ1v) is 8.64. The number of hydrogen-bond donors (Lipinski definition) is 2. The first-order chi connectivity index (χ1) is 12.2. The molecule has 1 amide bonds. The van der Waals surface area contributed by atoms with Crippen LogP contribution in [0, 0.1) is 0 Å². The number of hydrogen-bond acceptors (Lipinski definition) is 5. The molecular weight excluding hydrogens is 314 g/mol. The Morgan fingerprint density at radius 3 is 2.40 bits per heavy atom. The van der Waals surface area contributed by atoms with E-state index in [4.69, 9.17) is 0 Å². The minimum absolute atomic E-state index is 0.0278. The van der Waals surface area contributed by atoms with Gasteiger partial charge in [0.1, 0.15) is 0 Å². The molecule has 0 radical (unpaired) electrons. The van der Waals surface area contributed by atoms with Crippen LogP contribution in [0.3, 0.4) is 0 Å². The maximum atomic E-state index is 11.9. The molecule has 1 aromatic heterocycles. The third-order valence-electron chi connectivity index (χ3n) is 4.43. The zero-order valence-electron chi connectivity index (χ0n) is 14.6. The van der Waals surface area contributed by atoms with Crippen LogP contribution in [-0.2, 0) is 11.3 Å². The molecule has 0 unspecified atom stereocenters. The van der Waals surface area contributed by atoms with Crippen LogP contribution in [0.5, 0.6) is 0 Å². The summed E-state index contributed by atoms with van der Waals surface area (Å²) < 4.78 is 0. The van der Waals surface area contributed by atoms with Crippen molar-refractivity contribution in [2.45, 2.75) is 6.54 Å². The van der Waals surface area contributed by atoms with Gasteiger partial charge in [0.25, 0.3) is 0 Å². The summed E-state index contributed by atoms with van der Waals surface area (Å²) in [6, 6.07) is 12.1. The normalized spacial score (nSPS) is 15.0. The van der Waals surface area contributed by atoms with E-state index < -0.39 is 0 Å². The van der Waals surface area contributed by atoms with E-state index in [1.54, 1.807) is 12.4 Å². The van der Waals surface area contributed by atoms with E-state index in [2.05, 4.69) is 44.6 Å². The van der Waals surface area contributed by atoms with E-state index in [0.29, 0.717) is 6.54 Å². The fraction of sp³-hybridized carbons (Fsp3) is 0.368. The van der Waals surface area contributed by atoms with Gasteiger partial charge in [-0.2, -0.15) is 0 Å². The van der Waals surface area contributed by atoms with Gasteiger partial charge in [0, 0.05) is 56.5 Å². The van der Waals surface area contributed by atoms with Crippen LogP contribution in [0.25, 0.3) is 0 Å². The molecule has 1 fully saturated rings. The number of piperazine rings is 1. The Balaban J connectivity index is 1.43. The molecule has 0 saturated carbocycles. The van der Waals surface area contributed by atoms with Crippen molar-refractivity contribution in [3.63, 3.8) is 0 Å². The van der Waals surface area contributed by atoms with Crippen molar-refractivity contribution < 1.29 is 4.79 Å². The Morgan fingerprint density at radius 2 is 1.72 bits per heavy atom. The van der Waals surface area contributed by atoms with Crippen LogP contribution in [-0.4, -0.2) is 55.6 Å². The van der Waals surface area contributed by atoms with E-state index in [1.165, 1.54) is 5.69 Å². The largest absolute Gasteiger partial charge is 0.376 e. The topological polar surface area (TPSA) is 60.5 Å². The van der Waals surface area contributed by atoms with Gasteiger partial charge in [0.05, 0.1) is 6.54 Å². The third-order valence-corrected chi connectivity index (χ3v) is 4.43. The highest BCUT2D eigenvalue weighted by atomic mass is 16.1. The molecular formula is C19H25N5O. The maximum absolute atomic E-state index is 11.9. The van der Waals surface area contributed by atoms with Crippen molar-refractivity contribution in [3.05, 3.63) is 54.4 Å². The van der Waals surface area contributed by atoms with E-state index in [-0.39, 0.29) is 12.5 Å². The summed E-state index contributed by atoms with van der Waals surface area (Å²) >= 11 is 0. The van der Waals surface area contributed by atoms with Gasteiger partial charge in [0.2, 0.25) is 5.91 Å². The molecule has 1 aromatic carbocycles. The number of likely N-dealkylation sites (N-methyl/N-ethyl adjacent to an activating group) is 1. The quantitative estimate of drug-likeness (QED) is 0.836. The Hall–Kier alpha value is -2.60. The second kappa shape index (κ2) is 8.48. The molecule has 0 bridgehead atoms. The van der Waals surface area contributed by atoms with E-state index in [9.17, 15) is 4.79 Å². The van der Waals surface area contributed by atoms with Gasteiger partial charge in [-0.05, 0) is 49.0 Å². The average Bonchev–Trinajstić information content (AvgIpc) is 2.67.